The van der Waals surface area contributed by atoms with E-state index in [0.717, 1.165) is 34.8 Å². The van der Waals surface area contributed by atoms with Gasteiger partial charge in [-0.2, -0.15) is 0 Å². The Morgan fingerprint density at radius 3 is 3.11 bits per heavy atom. The monoisotopic (exact) mass is 260 g/mol. The minimum Gasteiger partial charge on any atom is -0.387 e. The number of aryl methyl sites for hydroxylation is 2. The summed E-state index contributed by atoms with van der Waals surface area (Å²) in [5.74, 6) is 0.120. The van der Waals surface area contributed by atoms with Gasteiger partial charge in [-0.1, -0.05) is 6.07 Å². The quantitative estimate of drug-likeness (QED) is 0.903. The van der Waals surface area contributed by atoms with E-state index in [2.05, 4.69) is 16.0 Å². The SMILES string of the molecule is Cc1ncc(C(O)C2CCCc3cccnc32)s1. The van der Waals surface area contributed by atoms with E-state index in [1.165, 1.54) is 5.56 Å². The summed E-state index contributed by atoms with van der Waals surface area (Å²) in [6.07, 6.45) is 6.35. The van der Waals surface area contributed by atoms with Crippen LogP contribution in [0.5, 0.6) is 0 Å². The van der Waals surface area contributed by atoms with Crippen molar-refractivity contribution in [1.82, 2.24) is 9.97 Å². The molecule has 1 aliphatic rings. The van der Waals surface area contributed by atoms with Crippen molar-refractivity contribution < 1.29 is 5.11 Å². The maximum Gasteiger partial charge on any atom is 0.0981 e. The van der Waals surface area contributed by atoms with Gasteiger partial charge in [-0.25, -0.2) is 4.98 Å². The van der Waals surface area contributed by atoms with Gasteiger partial charge in [-0.05, 0) is 37.8 Å². The van der Waals surface area contributed by atoms with Crippen molar-refractivity contribution in [2.45, 2.75) is 38.2 Å². The second-order valence-electron chi connectivity index (χ2n) is 4.77. The lowest BCUT2D eigenvalue weighted by molar-refractivity contribution is 0.137. The first kappa shape index (κ1) is 11.8. The first-order chi connectivity index (χ1) is 8.75. The standard InChI is InChI=1S/C14H16N2OS/c1-9-16-8-12(18-9)14(17)11-6-2-4-10-5-3-7-15-13(10)11/h3,5,7-8,11,14,17H,2,4,6H2,1H3. The van der Waals surface area contributed by atoms with E-state index in [0.29, 0.717) is 0 Å². The number of aliphatic hydroxyl groups is 1. The molecule has 3 nitrogen and oxygen atoms in total. The molecule has 2 aromatic rings. The number of fused-ring (bicyclic) bond motifs is 1. The van der Waals surface area contributed by atoms with Crippen molar-refractivity contribution >= 4 is 11.3 Å². The van der Waals surface area contributed by atoms with Gasteiger partial charge in [0.15, 0.2) is 0 Å². The molecule has 0 saturated heterocycles. The van der Waals surface area contributed by atoms with Gasteiger partial charge in [0.2, 0.25) is 0 Å². The van der Waals surface area contributed by atoms with Gasteiger partial charge >= 0.3 is 0 Å². The van der Waals surface area contributed by atoms with Crippen molar-refractivity contribution in [2.24, 2.45) is 0 Å². The van der Waals surface area contributed by atoms with E-state index in [9.17, 15) is 5.11 Å². The Kier molecular flexibility index (Phi) is 3.14. The Hall–Kier alpha value is -1.26. The average molecular weight is 260 g/mol. The molecule has 18 heavy (non-hydrogen) atoms. The molecular formula is C14H16N2OS. The Morgan fingerprint density at radius 1 is 1.44 bits per heavy atom. The van der Waals surface area contributed by atoms with Crippen molar-refractivity contribution in [3.8, 4) is 0 Å². The molecule has 2 heterocycles. The van der Waals surface area contributed by atoms with Gasteiger partial charge in [-0.3, -0.25) is 4.98 Å². The first-order valence-electron chi connectivity index (χ1n) is 6.30. The van der Waals surface area contributed by atoms with Crippen LogP contribution in [0.25, 0.3) is 0 Å². The summed E-state index contributed by atoms with van der Waals surface area (Å²) in [4.78, 5) is 9.66. The minimum atomic E-state index is -0.467. The van der Waals surface area contributed by atoms with Crippen LogP contribution in [0.1, 0.15) is 46.0 Å². The highest BCUT2D eigenvalue weighted by Crippen LogP contribution is 2.40. The zero-order valence-electron chi connectivity index (χ0n) is 10.3. The summed E-state index contributed by atoms with van der Waals surface area (Å²) in [6, 6.07) is 4.10. The molecule has 0 aromatic carbocycles. The van der Waals surface area contributed by atoms with Gasteiger partial charge in [0.05, 0.1) is 16.0 Å². The second kappa shape index (κ2) is 4.78. The largest absolute Gasteiger partial charge is 0.387 e. The summed E-state index contributed by atoms with van der Waals surface area (Å²) < 4.78 is 0. The molecule has 2 unspecified atom stereocenters. The molecule has 0 saturated carbocycles. The molecule has 3 rings (SSSR count). The Morgan fingerprint density at radius 2 is 2.33 bits per heavy atom. The number of rotatable bonds is 2. The topological polar surface area (TPSA) is 46.0 Å². The smallest absolute Gasteiger partial charge is 0.0981 e. The molecule has 0 radical (unpaired) electrons. The number of pyridine rings is 1. The molecule has 2 atom stereocenters. The lowest BCUT2D eigenvalue weighted by Gasteiger charge is -2.27. The van der Waals surface area contributed by atoms with Crippen molar-refractivity contribution in [3.05, 3.63) is 45.7 Å². The van der Waals surface area contributed by atoms with E-state index >= 15 is 0 Å². The molecular weight excluding hydrogens is 244 g/mol. The summed E-state index contributed by atoms with van der Waals surface area (Å²) in [6.45, 7) is 1.97. The predicted molar refractivity (Wildman–Crippen MR) is 71.7 cm³/mol. The molecule has 0 aliphatic heterocycles. The lowest BCUT2D eigenvalue weighted by Crippen LogP contribution is -2.18. The number of thiazole rings is 1. The molecule has 0 bridgehead atoms. The van der Waals surface area contributed by atoms with Crippen LogP contribution in [0, 0.1) is 6.92 Å². The molecule has 2 aromatic heterocycles. The Labute approximate surface area is 111 Å². The number of aliphatic hydroxyl groups excluding tert-OH is 1. The maximum absolute atomic E-state index is 10.5. The number of aromatic nitrogens is 2. The Bertz CT molecular complexity index is 552. The van der Waals surface area contributed by atoms with Crippen LogP contribution in [0.4, 0.5) is 0 Å². The normalized spacial score (nSPS) is 20.4. The Balaban J connectivity index is 1.94. The molecule has 0 amide bonds. The molecule has 0 fully saturated rings. The van der Waals surface area contributed by atoms with E-state index in [-0.39, 0.29) is 5.92 Å². The van der Waals surface area contributed by atoms with Crippen molar-refractivity contribution in [2.75, 3.05) is 0 Å². The fourth-order valence-corrected chi connectivity index (χ4v) is 3.50. The van der Waals surface area contributed by atoms with Crippen molar-refractivity contribution in [1.29, 1.82) is 0 Å². The minimum absolute atomic E-state index is 0.120. The fraction of sp³-hybridized carbons (Fsp3) is 0.429. The molecule has 94 valence electrons. The van der Waals surface area contributed by atoms with Crippen molar-refractivity contribution in [3.63, 3.8) is 0 Å². The highest BCUT2D eigenvalue weighted by molar-refractivity contribution is 7.11. The molecule has 4 heteroatoms. The zero-order chi connectivity index (χ0) is 12.5. The van der Waals surface area contributed by atoms with Crippen LogP contribution in [-0.4, -0.2) is 15.1 Å². The number of hydrogen-bond donors (Lipinski definition) is 1. The predicted octanol–water partition coefficient (Wildman–Crippen LogP) is 3.00. The van der Waals surface area contributed by atoms with Crippen LogP contribution in [0.2, 0.25) is 0 Å². The number of nitrogens with zero attached hydrogens (tertiary/aromatic N) is 2. The van der Waals surface area contributed by atoms with Crippen LogP contribution in [0.15, 0.2) is 24.5 Å². The van der Waals surface area contributed by atoms with E-state index < -0.39 is 6.10 Å². The highest BCUT2D eigenvalue weighted by atomic mass is 32.1. The molecule has 1 aliphatic carbocycles. The molecule has 0 spiro atoms. The van der Waals surface area contributed by atoms with E-state index in [1.54, 1.807) is 17.5 Å². The summed E-state index contributed by atoms with van der Waals surface area (Å²) in [7, 11) is 0. The van der Waals surface area contributed by atoms with Gasteiger partial charge in [0.25, 0.3) is 0 Å². The lowest BCUT2D eigenvalue weighted by atomic mass is 9.83. The summed E-state index contributed by atoms with van der Waals surface area (Å²) in [5, 5.41) is 11.5. The van der Waals surface area contributed by atoms with Gasteiger partial charge < -0.3 is 5.11 Å². The van der Waals surface area contributed by atoms with Crippen LogP contribution < -0.4 is 0 Å². The van der Waals surface area contributed by atoms with Crippen LogP contribution in [0.3, 0.4) is 0 Å². The second-order valence-corrected chi connectivity index (χ2v) is 6.04. The highest BCUT2D eigenvalue weighted by Gasteiger charge is 2.29. The van der Waals surface area contributed by atoms with Crippen LogP contribution in [-0.2, 0) is 6.42 Å². The number of hydrogen-bond acceptors (Lipinski definition) is 4. The maximum atomic E-state index is 10.5. The first-order valence-corrected chi connectivity index (χ1v) is 7.11. The van der Waals surface area contributed by atoms with Gasteiger partial charge in [-0.15, -0.1) is 11.3 Å². The third kappa shape index (κ3) is 2.06. The zero-order valence-corrected chi connectivity index (χ0v) is 11.2. The van der Waals surface area contributed by atoms with Crippen LogP contribution >= 0.6 is 11.3 Å². The third-order valence-corrected chi connectivity index (χ3v) is 4.53. The average Bonchev–Trinajstić information content (AvgIpc) is 2.84. The molecule has 1 N–H and O–H groups in total. The third-order valence-electron chi connectivity index (χ3n) is 3.55. The summed E-state index contributed by atoms with van der Waals surface area (Å²) in [5.41, 5.74) is 2.36. The fourth-order valence-electron chi connectivity index (χ4n) is 2.67. The van der Waals surface area contributed by atoms with E-state index in [4.69, 9.17) is 0 Å². The van der Waals surface area contributed by atoms with Gasteiger partial charge in [0.1, 0.15) is 0 Å². The summed E-state index contributed by atoms with van der Waals surface area (Å²) >= 11 is 1.58. The van der Waals surface area contributed by atoms with Gasteiger partial charge in [0, 0.05) is 24.0 Å². The van der Waals surface area contributed by atoms with E-state index in [1.807, 2.05) is 19.2 Å².